The van der Waals surface area contributed by atoms with Crippen LogP contribution in [0.2, 0.25) is 0 Å². The molecule has 0 N–H and O–H groups in total. The molecule has 0 saturated heterocycles. The maximum Gasteiger partial charge on any atom is 1.00 e. The first kappa shape index (κ1) is 23.1. The van der Waals surface area contributed by atoms with E-state index in [0.29, 0.717) is 0 Å². The summed E-state index contributed by atoms with van der Waals surface area (Å²) in [5.74, 6) is 0.184. The summed E-state index contributed by atoms with van der Waals surface area (Å²) in [7, 11) is -4.53. The van der Waals surface area contributed by atoms with Gasteiger partial charge in [0.25, 0.3) is 0 Å². The van der Waals surface area contributed by atoms with E-state index in [1.807, 2.05) is 6.92 Å². The fourth-order valence-electron chi connectivity index (χ4n) is 2.15. The van der Waals surface area contributed by atoms with Gasteiger partial charge in [-0.2, -0.15) is 0 Å². The van der Waals surface area contributed by atoms with Crippen molar-refractivity contribution in [2.45, 2.75) is 78.1 Å². The Labute approximate surface area is 147 Å². The van der Waals surface area contributed by atoms with Crippen molar-refractivity contribution in [2.24, 2.45) is 5.92 Å². The third-order valence-electron chi connectivity index (χ3n) is 3.49. The van der Waals surface area contributed by atoms with E-state index in [1.54, 1.807) is 0 Å². The molecule has 0 heterocycles. The van der Waals surface area contributed by atoms with Crippen LogP contribution in [-0.4, -0.2) is 19.6 Å². The summed E-state index contributed by atoms with van der Waals surface area (Å²) < 4.78 is 35.4. The Kier molecular flexibility index (Phi) is 17.1. The van der Waals surface area contributed by atoms with Crippen molar-refractivity contribution < 1.29 is 46.7 Å². The van der Waals surface area contributed by atoms with Crippen LogP contribution in [0.4, 0.5) is 0 Å². The molecule has 6 heteroatoms. The van der Waals surface area contributed by atoms with E-state index in [9.17, 15) is 13.0 Å². The summed E-state index contributed by atoms with van der Waals surface area (Å²) in [5.41, 5.74) is 0. The van der Waals surface area contributed by atoms with Gasteiger partial charge in [0.1, 0.15) is 0 Å². The molecule has 0 aromatic heterocycles. The fourth-order valence-corrected chi connectivity index (χ4v) is 2.51. The summed E-state index contributed by atoms with van der Waals surface area (Å²) in [6, 6.07) is 0. The van der Waals surface area contributed by atoms with Crippen LogP contribution < -0.4 is 29.6 Å². The molecule has 0 spiro atoms. The van der Waals surface area contributed by atoms with E-state index in [4.69, 9.17) is 0 Å². The van der Waals surface area contributed by atoms with Gasteiger partial charge in [0, 0.05) is 0 Å². The maximum atomic E-state index is 10.4. The fraction of sp³-hybridized carbons (Fsp3) is 1.00. The summed E-state index contributed by atoms with van der Waals surface area (Å²) in [4.78, 5) is 0. The van der Waals surface area contributed by atoms with Gasteiger partial charge in [0.2, 0.25) is 10.4 Å². The van der Waals surface area contributed by atoms with Crippen LogP contribution in [0.15, 0.2) is 0 Å². The molecule has 0 amide bonds. The van der Waals surface area contributed by atoms with Crippen LogP contribution in [0.3, 0.4) is 0 Å². The monoisotopic (exact) mass is 316 g/mol. The zero-order valence-electron chi connectivity index (χ0n) is 13.4. The molecule has 116 valence electrons. The van der Waals surface area contributed by atoms with E-state index in [2.05, 4.69) is 11.1 Å². The maximum absolute atomic E-state index is 10.4. The van der Waals surface area contributed by atoms with E-state index in [0.717, 1.165) is 19.3 Å². The summed E-state index contributed by atoms with van der Waals surface area (Å²) in [6.45, 7) is 4.25. The van der Waals surface area contributed by atoms with Crippen LogP contribution >= 0.6 is 0 Å². The van der Waals surface area contributed by atoms with Crippen molar-refractivity contribution in [1.29, 1.82) is 0 Å². The Morgan fingerprint density at radius 3 is 1.90 bits per heavy atom. The standard InChI is InChI=1S/C14H30O4S.Na/c1-3-5-6-7-8-9-10-11-12-14(4-2)13-18-19(15,16)17;/h14H,3-13H2,1-2H3,(H,15,16,17);/q;+1/p-1. The molecule has 4 nitrogen and oxygen atoms in total. The minimum Gasteiger partial charge on any atom is -0.726 e. The molecule has 0 rings (SSSR count). The zero-order chi connectivity index (χ0) is 14.6. The summed E-state index contributed by atoms with van der Waals surface area (Å²) in [6.07, 6.45) is 11.9. The largest absolute Gasteiger partial charge is 1.00 e. The molecule has 0 bridgehead atoms. The van der Waals surface area contributed by atoms with Crippen molar-refractivity contribution in [3.63, 3.8) is 0 Å². The molecule has 0 aliphatic carbocycles. The van der Waals surface area contributed by atoms with Gasteiger partial charge in [-0.25, -0.2) is 8.42 Å². The molecule has 0 aliphatic heterocycles. The Balaban J connectivity index is 0. The normalized spacial score (nSPS) is 12.9. The quantitative estimate of drug-likeness (QED) is 0.220. The number of rotatable bonds is 13. The SMILES string of the molecule is CCCCCCCCCCC(CC)COS(=O)(=O)[O-].[Na+]. The van der Waals surface area contributed by atoms with E-state index in [1.165, 1.54) is 44.9 Å². The van der Waals surface area contributed by atoms with Gasteiger partial charge in [-0.05, 0) is 12.3 Å². The Bertz CT molecular complexity index is 294. The van der Waals surface area contributed by atoms with Crippen molar-refractivity contribution in [1.82, 2.24) is 0 Å². The van der Waals surface area contributed by atoms with Gasteiger partial charge < -0.3 is 4.55 Å². The van der Waals surface area contributed by atoms with Crippen molar-refractivity contribution in [3.05, 3.63) is 0 Å². The average molecular weight is 316 g/mol. The Hall–Kier alpha value is 0.870. The van der Waals surface area contributed by atoms with Gasteiger partial charge in [-0.1, -0.05) is 71.6 Å². The number of unbranched alkanes of at least 4 members (excludes halogenated alkanes) is 7. The van der Waals surface area contributed by atoms with Crippen LogP contribution in [-0.2, 0) is 14.6 Å². The van der Waals surface area contributed by atoms with E-state index in [-0.39, 0.29) is 42.1 Å². The van der Waals surface area contributed by atoms with Crippen LogP contribution in [0.25, 0.3) is 0 Å². The number of hydrogen-bond donors (Lipinski definition) is 0. The predicted molar refractivity (Wildman–Crippen MR) is 76.7 cm³/mol. The molecule has 1 atom stereocenters. The van der Waals surface area contributed by atoms with Gasteiger partial charge in [0.05, 0.1) is 6.61 Å². The third-order valence-corrected chi connectivity index (χ3v) is 3.92. The smallest absolute Gasteiger partial charge is 0.726 e. The van der Waals surface area contributed by atoms with Gasteiger partial charge >= 0.3 is 29.6 Å². The second-order valence-electron chi connectivity index (χ2n) is 5.23. The van der Waals surface area contributed by atoms with Crippen molar-refractivity contribution >= 4 is 10.4 Å². The van der Waals surface area contributed by atoms with Gasteiger partial charge in [0.15, 0.2) is 0 Å². The minimum atomic E-state index is -4.53. The first-order valence-corrected chi connectivity index (χ1v) is 8.93. The molecule has 0 aromatic rings. The Morgan fingerprint density at radius 1 is 0.950 bits per heavy atom. The molecule has 0 aliphatic rings. The second-order valence-corrected chi connectivity index (χ2v) is 6.28. The molecular weight excluding hydrogens is 287 g/mol. The Morgan fingerprint density at radius 2 is 1.45 bits per heavy atom. The van der Waals surface area contributed by atoms with Crippen LogP contribution in [0.1, 0.15) is 78.1 Å². The van der Waals surface area contributed by atoms with Crippen LogP contribution in [0.5, 0.6) is 0 Å². The molecule has 0 saturated carbocycles. The molecule has 0 radical (unpaired) electrons. The molecule has 0 fully saturated rings. The molecule has 20 heavy (non-hydrogen) atoms. The zero-order valence-corrected chi connectivity index (χ0v) is 16.2. The van der Waals surface area contributed by atoms with Crippen molar-refractivity contribution in [2.75, 3.05) is 6.61 Å². The van der Waals surface area contributed by atoms with Crippen LogP contribution in [0, 0.1) is 5.92 Å². The van der Waals surface area contributed by atoms with E-state index >= 15 is 0 Å². The number of hydrogen-bond acceptors (Lipinski definition) is 4. The van der Waals surface area contributed by atoms with Gasteiger partial charge in [-0.3, -0.25) is 4.18 Å². The average Bonchev–Trinajstić information content (AvgIpc) is 2.35. The topological polar surface area (TPSA) is 66.4 Å². The second kappa shape index (κ2) is 14.8. The van der Waals surface area contributed by atoms with E-state index < -0.39 is 10.4 Å². The summed E-state index contributed by atoms with van der Waals surface area (Å²) >= 11 is 0. The first-order chi connectivity index (χ1) is 8.99. The minimum absolute atomic E-state index is 0. The van der Waals surface area contributed by atoms with Gasteiger partial charge in [-0.15, -0.1) is 0 Å². The predicted octanol–water partition coefficient (Wildman–Crippen LogP) is 1.02. The first-order valence-electron chi connectivity index (χ1n) is 7.59. The molecule has 1 unspecified atom stereocenters. The third kappa shape index (κ3) is 16.9. The molecular formula is C14H29NaO4S. The molecule has 0 aromatic carbocycles. The summed E-state index contributed by atoms with van der Waals surface area (Å²) in [5, 5.41) is 0. The van der Waals surface area contributed by atoms with Crippen molar-refractivity contribution in [3.8, 4) is 0 Å².